The van der Waals surface area contributed by atoms with Gasteiger partial charge in [-0.15, -0.1) is 0 Å². The molecule has 0 fully saturated rings. The van der Waals surface area contributed by atoms with Gasteiger partial charge in [0.05, 0.1) is 5.75 Å². The third kappa shape index (κ3) is 3.79. The predicted molar refractivity (Wildman–Crippen MR) is 83.2 cm³/mol. The molecule has 1 unspecified atom stereocenters. The number of hydrogen-bond donors (Lipinski definition) is 2. The Kier molecular flexibility index (Phi) is 4.75. The van der Waals surface area contributed by atoms with Gasteiger partial charge in [0.25, 0.3) is 0 Å². The lowest BCUT2D eigenvalue weighted by molar-refractivity contribution is 0.567. The second kappa shape index (κ2) is 6.35. The molecule has 20 heavy (non-hydrogen) atoms. The van der Waals surface area contributed by atoms with Crippen LogP contribution >= 0.6 is 0 Å². The first-order valence-electron chi connectivity index (χ1n) is 6.65. The first kappa shape index (κ1) is 15.0. The molecule has 0 aliphatic heterocycles. The van der Waals surface area contributed by atoms with Crippen LogP contribution in [0, 0.1) is 0 Å². The van der Waals surface area contributed by atoms with Crippen molar-refractivity contribution in [1.82, 2.24) is 10.0 Å². The quantitative estimate of drug-likeness (QED) is 0.856. The average Bonchev–Trinajstić information content (AvgIpc) is 2.46. The molecular formula is C15H20N2O2S. The molecule has 108 valence electrons. The molecule has 0 bridgehead atoms. The van der Waals surface area contributed by atoms with Crippen molar-refractivity contribution in [2.24, 2.45) is 0 Å². The van der Waals surface area contributed by atoms with Crippen molar-refractivity contribution < 1.29 is 8.42 Å². The molecule has 0 aromatic heterocycles. The van der Waals surface area contributed by atoms with E-state index in [1.54, 1.807) is 0 Å². The third-order valence-electron chi connectivity index (χ3n) is 3.41. The molecule has 4 nitrogen and oxygen atoms in total. The summed E-state index contributed by atoms with van der Waals surface area (Å²) in [5, 5.41) is 5.64. The van der Waals surface area contributed by atoms with Crippen LogP contribution in [0.15, 0.2) is 42.5 Å². The van der Waals surface area contributed by atoms with E-state index in [0.717, 1.165) is 5.56 Å². The Balaban J connectivity index is 2.02. The zero-order valence-corrected chi connectivity index (χ0v) is 12.6. The molecular weight excluding hydrogens is 272 g/mol. The van der Waals surface area contributed by atoms with Crippen molar-refractivity contribution in [3.8, 4) is 0 Å². The maximum absolute atomic E-state index is 11.3. The van der Waals surface area contributed by atoms with Gasteiger partial charge in [-0.05, 0) is 36.4 Å². The van der Waals surface area contributed by atoms with Crippen molar-refractivity contribution in [2.75, 3.05) is 19.3 Å². The highest BCUT2D eigenvalue weighted by Crippen LogP contribution is 2.20. The van der Waals surface area contributed by atoms with E-state index >= 15 is 0 Å². The Morgan fingerprint density at radius 1 is 1.10 bits per heavy atom. The summed E-state index contributed by atoms with van der Waals surface area (Å²) in [6.45, 7) is 2.47. The van der Waals surface area contributed by atoms with Gasteiger partial charge in [0, 0.05) is 12.6 Å². The van der Waals surface area contributed by atoms with E-state index in [4.69, 9.17) is 0 Å². The lowest BCUT2D eigenvalue weighted by Gasteiger charge is -2.15. The molecule has 2 aromatic rings. The average molecular weight is 292 g/mol. The molecule has 0 heterocycles. The minimum atomic E-state index is -3.14. The Hall–Kier alpha value is -1.43. The van der Waals surface area contributed by atoms with Crippen molar-refractivity contribution in [3.05, 3.63) is 48.0 Å². The lowest BCUT2D eigenvalue weighted by atomic mass is 10.0. The monoisotopic (exact) mass is 292 g/mol. The molecule has 0 radical (unpaired) electrons. The molecule has 0 saturated carbocycles. The first-order chi connectivity index (χ1) is 9.52. The van der Waals surface area contributed by atoms with Gasteiger partial charge < -0.3 is 5.32 Å². The number of sulfonamides is 1. The van der Waals surface area contributed by atoms with E-state index in [-0.39, 0.29) is 11.8 Å². The summed E-state index contributed by atoms with van der Waals surface area (Å²) in [6.07, 6.45) is 0. The molecule has 2 aromatic carbocycles. The number of nitrogens with one attached hydrogen (secondary N) is 2. The van der Waals surface area contributed by atoms with Crippen molar-refractivity contribution >= 4 is 20.8 Å². The SMILES string of the molecule is CNS(=O)(=O)CCNC(C)c1ccc2ccccc2c1. The van der Waals surface area contributed by atoms with Crippen molar-refractivity contribution in [3.63, 3.8) is 0 Å². The number of rotatable bonds is 6. The van der Waals surface area contributed by atoms with Gasteiger partial charge >= 0.3 is 0 Å². The van der Waals surface area contributed by atoms with Crippen LogP contribution in [-0.4, -0.2) is 27.8 Å². The Morgan fingerprint density at radius 3 is 2.50 bits per heavy atom. The van der Waals surface area contributed by atoms with E-state index < -0.39 is 10.0 Å². The minimum Gasteiger partial charge on any atom is -0.309 e. The number of benzene rings is 2. The maximum atomic E-state index is 11.3. The van der Waals surface area contributed by atoms with Gasteiger partial charge in [-0.1, -0.05) is 36.4 Å². The van der Waals surface area contributed by atoms with Gasteiger partial charge in [0.15, 0.2) is 0 Å². The fourth-order valence-corrected chi connectivity index (χ4v) is 2.70. The van der Waals surface area contributed by atoms with Crippen LogP contribution in [0.3, 0.4) is 0 Å². The molecule has 0 aliphatic rings. The summed E-state index contributed by atoms with van der Waals surface area (Å²) in [7, 11) is -1.71. The third-order valence-corrected chi connectivity index (χ3v) is 4.77. The van der Waals surface area contributed by atoms with E-state index in [9.17, 15) is 8.42 Å². The van der Waals surface area contributed by atoms with Gasteiger partial charge in [0.2, 0.25) is 10.0 Å². The van der Waals surface area contributed by atoms with Crippen LogP contribution in [-0.2, 0) is 10.0 Å². The fourth-order valence-electron chi connectivity index (χ4n) is 2.11. The van der Waals surface area contributed by atoms with Crippen LogP contribution in [0.4, 0.5) is 0 Å². The predicted octanol–water partition coefficient (Wildman–Crippen LogP) is 2.04. The maximum Gasteiger partial charge on any atom is 0.212 e. The summed E-state index contributed by atoms with van der Waals surface area (Å²) in [4.78, 5) is 0. The Labute approximate surface area is 120 Å². The summed E-state index contributed by atoms with van der Waals surface area (Å²) in [5.74, 6) is 0.0847. The minimum absolute atomic E-state index is 0.0847. The molecule has 0 spiro atoms. The molecule has 0 aliphatic carbocycles. The first-order valence-corrected chi connectivity index (χ1v) is 8.30. The molecule has 2 rings (SSSR count). The van der Waals surface area contributed by atoms with E-state index in [2.05, 4.69) is 40.4 Å². The topological polar surface area (TPSA) is 58.2 Å². The highest BCUT2D eigenvalue weighted by Gasteiger charge is 2.09. The molecule has 0 amide bonds. The van der Waals surface area contributed by atoms with E-state index in [1.807, 2.05) is 19.1 Å². The summed E-state index contributed by atoms with van der Waals surface area (Å²) >= 11 is 0. The van der Waals surface area contributed by atoms with E-state index in [1.165, 1.54) is 17.8 Å². The van der Waals surface area contributed by atoms with Crippen LogP contribution in [0.5, 0.6) is 0 Å². The van der Waals surface area contributed by atoms with Gasteiger partial charge in [-0.2, -0.15) is 0 Å². The molecule has 0 saturated heterocycles. The summed E-state index contributed by atoms with van der Waals surface area (Å²) in [5.41, 5.74) is 1.16. The van der Waals surface area contributed by atoms with E-state index in [0.29, 0.717) is 6.54 Å². The standard InChI is InChI=1S/C15H20N2O2S/c1-12(17-9-10-20(18,19)16-2)14-8-7-13-5-3-4-6-15(13)11-14/h3-8,11-12,16-17H,9-10H2,1-2H3. The smallest absolute Gasteiger partial charge is 0.212 e. The highest BCUT2D eigenvalue weighted by molar-refractivity contribution is 7.89. The zero-order chi connectivity index (χ0) is 14.6. The molecule has 5 heteroatoms. The van der Waals surface area contributed by atoms with Gasteiger partial charge in [-0.3, -0.25) is 0 Å². The second-order valence-electron chi connectivity index (χ2n) is 4.81. The zero-order valence-electron chi connectivity index (χ0n) is 11.8. The molecule has 1 atom stereocenters. The largest absolute Gasteiger partial charge is 0.309 e. The normalized spacial score (nSPS) is 13.5. The lowest BCUT2D eigenvalue weighted by Crippen LogP contribution is -2.30. The van der Waals surface area contributed by atoms with Crippen molar-refractivity contribution in [2.45, 2.75) is 13.0 Å². The Bertz CT molecular complexity index is 683. The van der Waals surface area contributed by atoms with Crippen LogP contribution in [0.1, 0.15) is 18.5 Å². The fraction of sp³-hybridized carbons (Fsp3) is 0.333. The van der Waals surface area contributed by atoms with Gasteiger partial charge in [-0.25, -0.2) is 13.1 Å². The number of fused-ring (bicyclic) bond motifs is 1. The van der Waals surface area contributed by atoms with Crippen LogP contribution in [0.2, 0.25) is 0 Å². The number of hydrogen-bond acceptors (Lipinski definition) is 3. The summed E-state index contributed by atoms with van der Waals surface area (Å²) in [6, 6.07) is 14.6. The molecule has 2 N–H and O–H groups in total. The van der Waals surface area contributed by atoms with Crippen molar-refractivity contribution in [1.29, 1.82) is 0 Å². The van der Waals surface area contributed by atoms with Crippen LogP contribution < -0.4 is 10.0 Å². The second-order valence-corrected chi connectivity index (χ2v) is 6.85. The Morgan fingerprint density at radius 2 is 1.80 bits per heavy atom. The van der Waals surface area contributed by atoms with Gasteiger partial charge in [0.1, 0.15) is 0 Å². The van der Waals surface area contributed by atoms with Crippen LogP contribution in [0.25, 0.3) is 10.8 Å². The summed E-state index contributed by atoms with van der Waals surface area (Å²) < 4.78 is 25.0. The highest BCUT2D eigenvalue weighted by atomic mass is 32.2.